The van der Waals surface area contributed by atoms with Crippen LogP contribution in [-0.2, 0) is 0 Å². The molecule has 0 amide bonds. The molecule has 0 aliphatic heterocycles. The Kier molecular flexibility index (Phi) is 2.73. The van der Waals surface area contributed by atoms with E-state index in [4.69, 9.17) is 0 Å². The lowest BCUT2D eigenvalue weighted by Crippen LogP contribution is -1.85. The Labute approximate surface area is 191 Å². The van der Waals surface area contributed by atoms with Crippen molar-refractivity contribution in [3.8, 4) is 0 Å². The summed E-state index contributed by atoms with van der Waals surface area (Å²) in [6.45, 7) is 0. The average Bonchev–Trinajstić information content (AvgIpc) is 3.50. The number of aromatic amines is 1. The van der Waals surface area contributed by atoms with Gasteiger partial charge in [0.1, 0.15) is 0 Å². The molecule has 0 radical (unpaired) electrons. The number of para-hydroxylation sites is 1. The number of nitrogens with zero attached hydrogens (tertiary/aromatic N) is 1. The van der Waals surface area contributed by atoms with E-state index in [1.165, 1.54) is 80.1 Å². The second kappa shape index (κ2) is 5.45. The molecule has 9 rings (SSSR count). The molecule has 0 saturated heterocycles. The molecule has 0 unspecified atom stereocenters. The van der Waals surface area contributed by atoms with Crippen molar-refractivity contribution < 1.29 is 0 Å². The quantitative estimate of drug-likeness (QED) is 0.245. The zero-order valence-corrected chi connectivity index (χ0v) is 18.3. The van der Waals surface area contributed by atoms with Gasteiger partial charge in [-0.1, -0.05) is 66.7 Å². The average molecular weight is 437 g/mol. The molecule has 4 aromatic heterocycles. The van der Waals surface area contributed by atoms with Gasteiger partial charge in [0.15, 0.2) is 0 Å². The molecule has 0 spiro atoms. The number of aromatic nitrogens is 2. The normalized spacial score (nSPS) is 12.8. The van der Waals surface area contributed by atoms with E-state index in [1.807, 2.05) is 11.3 Å². The Morgan fingerprint density at radius 3 is 2.12 bits per heavy atom. The van der Waals surface area contributed by atoms with Crippen molar-refractivity contribution >= 4 is 91.4 Å². The first-order valence-electron chi connectivity index (χ1n) is 11.3. The third-order valence-electron chi connectivity index (χ3n) is 7.45. The highest BCUT2D eigenvalue weighted by Crippen LogP contribution is 2.45. The maximum absolute atomic E-state index is 3.68. The van der Waals surface area contributed by atoms with E-state index in [2.05, 4.69) is 100 Å². The Hall–Kier alpha value is -4.08. The first-order chi connectivity index (χ1) is 16.4. The zero-order chi connectivity index (χ0) is 21.3. The Bertz CT molecular complexity index is 2240. The smallest absolute Gasteiger partial charge is 0.0720 e. The van der Waals surface area contributed by atoms with Crippen LogP contribution in [0.2, 0.25) is 0 Å². The fraction of sp³-hybridized carbons (Fsp3) is 0. The Balaban J connectivity index is 1.75. The molecule has 0 saturated carbocycles. The number of nitrogens with one attached hydrogen (secondary N) is 1. The molecule has 152 valence electrons. The molecule has 0 atom stereocenters. The third-order valence-corrected chi connectivity index (χ3v) is 8.64. The van der Waals surface area contributed by atoms with Crippen LogP contribution in [0.1, 0.15) is 0 Å². The minimum absolute atomic E-state index is 1.20. The van der Waals surface area contributed by atoms with Crippen LogP contribution in [0.3, 0.4) is 0 Å². The number of H-pyrrole nitrogens is 1. The molecule has 0 bridgehead atoms. The lowest BCUT2D eigenvalue weighted by Gasteiger charge is -2.02. The van der Waals surface area contributed by atoms with Crippen LogP contribution < -0.4 is 0 Å². The van der Waals surface area contributed by atoms with E-state index in [-0.39, 0.29) is 0 Å². The molecule has 3 heteroatoms. The van der Waals surface area contributed by atoms with Crippen LogP contribution in [-0.4, -0.2) is 9.38 Å². The van der Waals surface area contributed by atoms with Crippen molar-refractivity contribution in [3.63, 3.8) is 0 Å². The topological polar surface area (TPSA) is 20.2 Å². The summed E-state index contributed by atoms with van der Waals surface area (Å²) in [5, 5.41) is 10.6. The van der Waals surface area contributed by atoms with Gasteiger partial charge in [0, 0.05) is 53.4 Å². The standard InChI is InChI=1S/C30H16N2S/c1-2-13-25-16(6-1)21-15-14-20-19-9-3-8-18-17-7-4-10-22-26(17)27-23(31-22)11-5-12-24(27)32(28(18)19)29(20)30(21)33-25/h1-15,31H. The van der Waals surface area contributed by atoms with Crippen molar-refractivity contribution in [2.24, 2.45) is 0 Å². The van der Waals surface area contributed by atoms with Crippen molar-refractivity contribution in [2.45, 2.75) is 0 Å². The zero-order valence-electron chi connectivity index (χ0n) is 17.5. The monoisotopic (exact) mass is 436 g/mol. The molecule has 1 N–H and O–H groups in total. The minimum Gasteiger partial charge on any atom is -0.354 e. The fourth-order valence-electron chi connectivity index (χ4n) is 6.17. The Morgan fingerprint density at radius 2 is 1.18 bits per heavy atom. The fourth-order valence-corrected chi connectivity index (χ4v) is 7.41. The van der Waals surface area contributed by atoms with E-state index in [0.29, 0.717) is 0 Å². The summed E-state index contributed by atoms with van der Waals surface area (Å²) in [5.41, 5.74) is 6.30. The molecule has 5 aromatic carbocycles. The second-order valence-corrected chi connectivity index (χ2v) is 10.1. The minimum atomic E-state index is 1.20. The number of fused-ring (bicyclic) bond motifs is 9. The van der Waals surface area contributed by atoms with Crippen molar-refractivity contribution in [1.29, 1.82) is 0 Å². The first kappa shape index (κ1) is 16.5. The van der Waals surface area contributed by atoms with Gasteiger partial charge in [0.05, 0.1) is 21.3 Å². The first-order valence-corrected chi connectivity index (χ1v) is 12.1. The summed E-state index contributed by atoms with van der Waals surface area (Å²) in [5.74, 6) is 0. The van der Waals surface area contributed by atoms with Gasteiger partial charge in [-0.3, -0.25) is 0 Å². The van der Waals surface area contributed by atoms with Gasteiger partial charge in [-0.05, 0) is 29.7 Å². The van der Waals surface area contributed by atoms with E-state index in [0.717, 1.165) is 0 Å². The maximum Gasteiger partial charge on any atom is 0.0720 e. The number of thiophene rings is 1. The number of hydrogen-bond acceptors (Lipinski definition) is 1. The molecular weight excluding hydrogens is 420 g/mol. The van der Waals surface area contributed by atoms with Crippen molar-refractivity contribution in [2.75, 3.05) is 0 Å². The van der Waals surface area contributed by atoms with Crippen LogP contribution >= 0.6 is 11.3 Å². The third kappa shape index (κ3) is 1.81. The SMILES string of the molecule is c1ccc2c(c1)sc1c2ccc2c3cccc4c5cccc6[nH]c7cccc(c7c65)n(c43)c21. The van der Waals surface area contributed by atoms with Gasteiger partial charge in [-0.25, -0.2) is 0 Å². The van der Waals surface area contributed by atoms with E-state index in [9.17, 15) is 0 Å². The van der Waals surface area contributed by atoms with Crippen LogP contribution in [0.15, 0.2) is 91.0 Å². The number of hydrogen-bond donors (Lipinski definition) is 1. The predicted molar refractivity (Wildman–Crippen MR) is 143 cm³/mol. The van der Waals surface area contributed by atoms with E-state index in [1.54, 1.807) is 0 Å². The van der Waals surface area contributed by atoms with Gasteiger partial charge in [-0.2, -0.15) is 0 Å². The number of benzene rings is 5. The lowest BCUT2D eigenvalue weighted by molar-refractivity contribution is 1.37. The molecule has 2 nitrogen and oxygen atoms in total. The summed E-state index contributed by atoms with van der Waals surface area (Å²) in [7, 11) is 0. The van der Waals surface area contributed by atoms with Gasteiger partial charge in [-0.15, -0.1) is 11.3 Å². The summed E-state index contributed by atoms with van der Waals surface area (Å²) >= 11 is 1.91. The summed E-state index contributed by atoms with van der Waals surface area (Å²) in [6.07, 6.45) is 0. The van der Waals surface area contributed by atoms with E-state index >= 15 is 0 Å². The molecule has 9 aromatic rings. The van der Waals surface area contributed by atoms with Crippen LogP contribution in [0.4, 0.5) is 0 Å². The summed E-state index contributed by atoms with van der Waals surface area (Å²) < 4.78 is 5.26. The van der Waals surface area contributed by atoms with Gasteiger partial charge in [0.2, 0.25) is 0 Å². The largest absolute Gasteiger partial charge is 0.354 e. The summed E-state index contributed by atoms with van der Waals surface area (Å²) in [4.78, 5) is 3.68. The van der Waals surface area contributed by atoms with E-state index < -0.39 is 0 Å². The van der Waals surface area contributed by atoms with Gasteiger partial charge < -0.3 is 9.38 Å². The molecule has 0 fully saturated rings. The van der Waals surface area contributed by atoms with Crippen LogP contribution in [0, 0.1) is 0 Å². The van der Waals surface area contributed by atoms with Crippen LogP contribution in [0.5, 0.6) is 0 Å². The molecular formula is C30H16N2S. The molecule has 0 aliphatic rings. The van der Waals surface area contributed by atoms with Crippen molar-refractivity contribution in [3.05, 3.63) is 91.0 Å². The summed E-state index contributed by atoms with van der Waals surface area (Å²) in [6, 6.07) is 33.6. The molecule has 0 aliphatic carbocycles. The highest BCUT2D eigenvalue weighted by molar-refractivity contribution is 7.26. The maximum atomic E-state index is 3.68. The molecule has 4 heterocycles. The highest BCUT2D eigenvalue weighted by atomic mass is 32.1. The van der Waals surface area contributed by atoms with Gasteiger partial charge >= 0.3 is 0 Å². The number of rotatable bonds is 0. The van der Waals surface area contributed by atoms with Crippen molar-refractivity contribution in [1.82, 2.24) is 9.38 Å². The lowest BCUT2D eigenvalue weighted by atomic mass is 10.0. The Morgan fingerprint density at radius 1 is 0.515 bits per heavy atom. The predicted octanol–water partition coefficient (Wildman–Crippen LogP) is 8.84. The van der Waals surface area contributed by atoms with Gasteiger partial charge in [0.25, 0.3) is 0 Å². The van der Waals surface area contributed by atoms with Crippen LogP contribution in [0.25, 0.3) is 80.1 Å². The highest BCUT2D eigenvalue weighted by Gasteiger charge is 2.21. The second-order valence-electron chi connectivity index (χ2n) is 9.03. The molecule has 33 heavy (non-hydrogen) atoms.